The quantitative estimate of drug-likeness (QED) is 0.490. The summed E-state index contributed by atoms with van der Waals surface area (Å²) in [5.41, 5.74) is 2.87. The van der Waals surface area contributed by atoms with Gasteiger partial charge in [0.1, 0.15) is 5.41 Å². The van der Waals surface area contributed by atoms with E-state index in [-0.39, 0.29) is 5.92 Å². The van der Waals surface area contributed by atoms with Crippen LogP contribution in [0, 0.1) is 0 Å². The Kier molecular flexibility index (Phi) is 4.13. The van der Waals surface area contributed by atoms with Crippen LogP contribution in [0.3, 0.4) is 0 Å². The maximum atomic E-state index is 13.9. The van der Waals surface area contributed by atoms with Gasteiger partial charge in [0, 0.05) is 5.92 Å². The zero-order valence-electron chi connectivity index (χ0n) is 16.0. The lowest BCUT2D eigenvalue weighted by atomic mass is 9.53. The van der Waals surface area contributed by atoms with Crippen molar-refractivity contribution in [3.05, 3.63) is 106 Å². The summed E-state index contributed by atoms with van der Waals surface area (Å²) in [6.07, 6.45) is 0. The molecule has 3 aliphatic rings. The van der Waals surface area contributed by atoms with Gasteiger partial charge in [-0.2, -0.15) is 17.2 Å². The molecule has 3 aromatic carbocycles. The number of carbonyl (C=O) groups excluding carboxylic acids is 1. The Bertz CT molecular complexity index is 1220. The lowest BCUT2D eigenvalue weighted by Crippen LogP contribution is -2.49. The van der Waals surface area contributed by atoms with Gasteiger partial charge in [-0.1, -0.05) is 72.8 Å². The zero-order valence-corrected chi connectivity index (χ0v) is 16.8. The molecule has 1 N–H and O–H groups in total. The molecule has 0 saturated carbocycles. The maximum absolute atomic E-state index is 13.9. The molecule has 0 aromatic heterocycles. The molecule has 2 bridgehead atoms. The highest BCUT2D eigenvalue weighted by Gasteiger charge is 2.58. The summed E-state index contributed by atoms with van der Waals surface area (Å²) in [6, 6.07) is 21.7. The summed E-state index contributed by atoms with van der Waals surface area (Å²) < 4.78 is 63.5. The van der Waals surface area contributed by atoms with Gasteiger partial charge in [-0.3, -0.25) is 9.35 Å². The van der Waals surface area contributed by atoms with Crippen LogP contribution in [-0.2, 0) is 25.1 Å². The van der Waals surface area contributed by atoms with Crippen molar-refractivity contribution in [3.8, 4) is 0 Å². The smallest absolute Gasteiger partial charge is 0.402 e. The first kappa shape index (κ1) is 19.8. The molecule has 0 atom stereocenters. The predicted octanol–water partition coefficient (Wildman–Crippen LogP) is 3.85. The van der Waals surface area contributed by atoms with Gasteiger partial charge in [0.25, 0.3) is 0 Å². The zero-order chi connectivity index (χ0) is 22.0. The Balaban J connectivity index is 1.75. The minimum atomic E-state index is -5.74. The topological polar surface area (TPSA) is 80.7 Å². The fourth-order valence-corrected chi connectivity index (χ4v) is 5.08. The number of carbonyl (C=O) groups is 1. The number of ether oxygens (including phenoxy) is 1. The minimum absolute atomic E-state index is 0.127. The summed E-state index contributed by atoms with van der Waals surface area (Å²) in [5.74, 6) is -1.15. The lowest BCUT2D eigenvalue weighted by molar-refractivity contribution is -0.153. The van der Waals surface area contributed by atoms with Crippen molar-refractivity contribution in [2.24, 2.45) is 0 Å². The number of benzene rings is 3. The summed E-state index contributed by atoms with van der Waals surface area (Å²) >= 11 is 0. The highest BCUT2D eigenvalue weighted by molar-refractivity contribution is 7.86. The number of hydrogen-bond acceptors (Lipinski definition) is 4. The van der Waals surface area contributed by atoms with Crippen LogP contribution in [0.2, 0.25) is 0 Å². The molecule has 0 aliphatic heterocycles. The van der Waals surface area contributed by atoms with E-state index in [1.807, 2.05) is 36.4 Å². The Morgan fingerprint density at radius 2 is 1.26 bits per heavy atom. The van der Waals surface area contributed by atoms with Crippen LogP contribution >= 0.6 is 0 Å². The molecule has 8 heteroatoms. The molecule has 3 aliphatic carbocycles. The van der Waals surface area contributed by atoms with Crippen molar-refractivity contribution in [1.82, 2.24) is 0 Å². The van der Waals surface area contributed by atoms with Gasteiger partial charge in [-0.25, -0.2) is 0 Å². The van der Waals surface area contributed by atoms with Crippen molar-refractivity contribution in [3.63, 3.8) is 0 Å². The van der Waals surface area contributed by atoms with Gasteiger partial charge in [-0.05, 0) is 33.4 Å². The Morgan fingerprint density at radius 3 is 1.65 bits per heavy atom. The molecule has 31 heavy (non-hydrogen) atoms. The molecule has 0 amide bonds. The predicted molar refractivity (Wildman–Crippen MR) is 108 cm³/mol. The van der Waals surface area contributed by atoms with Crippen molar-refractivity contribution in [2.75, 3.05) is 6.61 Å². The molecule has 3 aromatic rings. The lowest BCUT2D eigenvalue weighted by Gasteiger charge is -2.48. The van der Waals surface area contributed by atoms with E-state index in [2.05, 4.69) is 0 Å². The number of alkyl halides is 2. The molecule has 5 nitrogen and oxygen atoms in total. The maximum Gasteiger partial charge on any atom is 0.402 e. The Hall–Kier alpha value is -3.10. The third-order valence-corrected chi connectivity index (χ3v) is 6.95. The van der Waals surface area contributed by atoms with Gasteiger partial charge in [0.05, 0.1) is 0 Å². The van der Waals surface area contributed by atoms with Crippen LogP contribution < -0.4 is 0 Å². The van der Waals surface area contributed by atoms with Crippen LogP contribution in [0.5, 0.6) is 0 Å². The third kappa shape index (κ3) is 2.55. The van der Waals surface area contributed by atoms with E-state index < -0.39 is 33.4 Å². The van der Waals surface area contributed by atoms with Crippen molar-refractivity contribution in [1.29, 1.82) is 0 Å². The van der Waals surface area contributed by atoms with Gasteiger partial charge >= 0.3 is 21.3 Å². The number of esters is 1. The van der Waals surface area contributed by atoms with E-state index in [4.69, 9.17) is 9.29 Å². The molecule has 0 unspecified atom stereocenters. The average Bonchev–Trinajstić information content (AvgIpc) is 2.76. The number of halogens is 2. The standard InChI is InChI=1S/C23H16F2O5S/c24-22(25,31(27,28)29)13-30-21(26)23-17-10-4-1-7-14(17)20(15-8-2-5-11-18(15)23)16-9-3-6-12-19(16)23/h1-12,20H,13H2,(H,27,28,29). The van der Waals surface area contributed by atoms with Gasteiger partial charge in [0.2, 0.25) is 0 Å². The van der Waals surface area contributed by atoms with Crippen LogP contribution in [0.25, 0.3) is 0 Å². The van der Waals surface area contributed by atoms with E-state index >= 15 is 0 Å². The van der Waals surface area contributed by atoms with Crippen molar-refractivity contribution in [2.45, 2.75) is 16.6 Å². The summed E-state index contributed by atoms with van der Waals surface area (Å²) in [7, 11) is -5.74. The van der Waals surface area contributed by atoms with Crippen LogP contribution in [0.1, 0.15) is 39.3 Å². The first-order valence-electron chi connectivity index (χ1n) is 9.50. The second-order valence-corrected chi connectivity index (χ2v) is 9.18. The summed E-state index contributed by atoms with van der Waals surface area (Å²) in [6.45, 7) is -1.79. The SMILES string of the molecule is O=C(OCC(F)(F)S(=O)(=O)O)C12c3ccccc3C(c3ccccc31)c1ccccc12. The minimum Gasteiger partial charge on any atom is -0.457 e. The van der Waals surface area contributed by atoms with Gasteiger partial charge in [-0.15, -0.1) is 0 Å². The average molecular weight is 442 g/mol. The molecule has 158 valence electrons. The molecule has 0 saturated heterocycles. The second-order valence-electron chi connectivity index (χ2n) is 7.63. The normalized spacial score (nSPS) is 21.1. The fourth-order valence-electron chi connectivity index (χ4n) is 4.87. The van der Waals surface area contributed by atoms with Crippen LogP contribution in [0.15, 0.2) is 72.8 Å². The molecule has 0 radical (unpaired) electrons. The van der Waals surface area contributed by atoms with E-state index in [1.165, 1.54) is 0 Å². The highest BCUT2D eigenvalue weighted by Crippen LogP contribution is 2.59. The molecule has 0 heterocycles. The Morgan fingerprint density at radius 1 is 0.871 bits per heavy atom. The molecule has 0 spiro atoms. The molecule has 6 rings (SSSR count). The first-order chi connectivity index (χ1) is 14.7. The molecule has 0 fully saturated rings. The van der Waals surface area contributed by atoms with E-state index in [1.54, 1.807) is 36.4 Å². The summed E-state index contributed by atoms with van der Waals surface area (Å²) in [4.78, 5) is 13.6. The third-order valence-electron chi connectivity index (χ3n) is 6.08. The molecular formula is C23H16F2O5S. The molecular weight excluding hydrogens is 426 g/mol. The van der Waals surface area contributed by atoms with Crippen LogP contribution in [-0.4, -0.2) is 30.8 Å². The summed E-state index contributed by atoms with van der Waals surface area (Å²) in [5, 5.41) is -4.62. The first-order valence-corrected chi connectivity index (χ1v) is 10.9. The fraction of sp³-hybridized carbons (Fsp3) is 0.174. The number of rotatable bonds is 4. The van der Waals surface area contributed by atoms with Gasteiger partial charge < -0.3 is 4.74 Å². The number of hydrogen-bond donors (Lipinski definition) is 1. The van der Waals surface area contributed by atoms with Crippen molar-refractivity contribution >= 4 is 16.1 Å². The van der Waals surface area contributed by atoms with Crippen molar-refractivity contribution < 1.29 is 31.3 Å². The van der Waals surface area contributed by atoms with E-state index in [0.717, 1.165) is 16.7 Å². The highest BCUT2D eigenvalue weighted by atomic mass is 32.2. The van der Waals surface area contributed by atoms with Gasteiger partial charge in [0.15, 0.2) is 6.61 Å². The monoisotopic (exact) mass is 442 g/mol. The Labute approximate surface area is 177 Å². The second kappa shape index (κ2) is 6.45. The van der Waals surface area contributed by atoms with E-state index in [0.29, 0.717) is 16.7 Å². The van der Waals surface area contributed by atoms with Crippen LogP contribution in [0.4, 0.5) is 8.78 Å². The largest absolute Gasteiger partial charge is 0.457 e. The van der Waals surface area contributed by atoms with E-state index in [9.17, 15) is 22.0 Å².